The molecule has 1 unspecified atom stereocenters. The summed E-state index contributed by atoms with van der Waals surface area (Å²) in [6, 6.07) is 12.9. The Morgan fingerprint density at radius 2 is 1.89 bits per heavy atom. The highest BCUT2D eigenvalue weighted by Crippen LogP contribution is 2.35. The molecule has 3 nitrogen and oxygen atoms in total. The number of hydrogen-bond donors (Lipinski definition) is 0. The first-order valence-corrected chi connectivity index (χ1v) is 10.6. The molecule has 2 aliphatic rings. The number of nitrogens with zero attached hydrogens (tertiary/aromatic N) is 1. The third-order valence-corrected chi connectivity index (χ3v) is 6.71. The van der Waals surface area contributed by atoms with Gasteiger partial charge >= 0.3 is 0 Å². The van der Waals surface area contributed by atoms with Crippen LogP contribution < -0.4 is 4.74 Å². The van der Waals surface area contributed by atoms with Crippen molar-refractivity contribution in [2.24, 2.45) is 11.8 Å². The van der Waals surface area contributed by atoms with Gasteiger partial charge in [0.2, 0.25) is 0 Å². The summed E-state index contributed by atoms with van der Waals surface area (Å²) >= 11 is 0. The number of piperidine rings is 1. The van der Waals surface area contributed by atoms with Crippen LogP contribution in [0.4, 0.5) is 0 Å². The fourth-order valence-corrected chi connectivity index (χ4v) is 4.84. The summed E-state index contributed by atoms with van der Waals surface area (Å²) in [5.74, 6) is 1.88. The van der Waals surface area contributed by atoms with Gasteiger partial charge in [-0.2, -0.15) is 0 Å². The van der Waals surface area contributed by atoms with Crippen LogP contribution in [0.5, 0.6) is 5.75 Å². The molecule has 1 aliphatic heterocycles. The fraction of sp³-hybridized carbons (Fsp3) is 0.542. The Morgan fingerprint density at radius 1 is 1.11 bits per heavy atom. The van der Waals surface area contributed by atoms with Crippen LogP contribution in [0.15, 0.2) is 36.4 Å². The molecule has 0 spiro atoms. The number of ketones is 1. The predicted octanol–water partition coefficient (Wildman–Crippen LogP) is 5.32. The molecular weight excluding hydrogens is 334 g/mol. The number of fused-ring (bicyclic) bond motifs is 1. The summed E-state index contributed by atoms with van der Waals surface area (Å²) in [5.41, 5.74) is 0.870. The van der Waals surface area contributed by atoms with Crippen molar-refractivity contribution in [1.82, 2.24) is 4.90 Å². The van der Waals surface area contributed by atoms with E-state index in [0.29, 0.717) is 11.7 Å². The minimum atomic E-state index is 0.148. The van der Waals surface area contributed by atoms with Crippen LogP contribution in [0.3, 0.4) is 0 Å². The Labute approximate surface area is 162 Å². The third-order valence-electron chi connectivity index (χ3n) is 6.71. The van der Waals surface area contributed by atoms with E-state index in [1.165, 1.54) is 38.6 Å². The van der Waals surface area contributed by atoms with Crippen molar-refractivity contribution in [1.29, 1.82) is 0 Å². The number of hydrogen-bond acceptors (Lipinski definition) is 3. The molecule has 0 amide bonds. The molecule has 4 rings (SSSR count). The van der Waals surface area contributed by atoms with Gasteiger partial charge in [-0.25, -0.2) is 0 Å². The second kappa shape index (κ2) is 8.02. The van der Waals surface area contributed by atoms with Crippen LogP contribution in [-0.2, 0) is 0 Å². The minimum absolute atomic E-state index is 0.148. The maximum atomic E-state index is 13.5. The lowest BCUT2D eigenvalue weighted by molar-refractivity contribution is 0.0390. The number of benzene rings is 2. The van der Waals surface area contributed by atoms with Crippen LogP contribution >= 0.6 is 0 Å². The smallest absolute Gasteiger partial charge is 0.167 e. The van der Waals surface area contributed by atoms with E-state index in [9.17, 15) is 4.79 Å². The highest BCUT2D eigenvalue weighted by atomic mass is 16.5. The van der Waals surface area contributed by atoms with Crippen molar-refractivity contribution in [3.63, 3.8) is 0 Å². The molecule has 1 saturated carbocycles. The highest BCUT2D eigenvalue weighted by molar-refractivity contribution is 6.01. The average Bonchev–Trinajstić information content (AvgIpc) is 2.66. The summed E-state index contributed by atoms with van der Waals surface area (Å²) in [4.78, 5) is 16.1. The maximum Gasteiger partial charge on any atom is 0.167 e. The molecule has 144 valence electrons. The summed E-state index contributed by atoms with van der Waals surface area (Å²) in [6.07, 6.45) is 7.49. The van der Waals surface area contributed by atoms with E-state index in [2.05, 4.69) is 30.0 Å². The zero-order valence-corrected chi connectivity index (χ0v) is 16.6. The first kappa shape index (κ1) is 18.5. The van der Waals surface area contributed by atoms with Gasteiger partial charge in [-0.05, 0) is 67.1 Å². The molecule has 3 heteroatoms. The lowest BCUT2D eigenvalue weighted by Crippen LogP contribution is -2.50. The molecular formula is C24H31NO2. The van der Waals surface area contributed by atoms with Gasteiger partial charge < -0.3 is 4.74 Å². The molecule has 27 heavy (non-hydrogen) atoms. The number of rotatable bonds is 6. The van der Waals surface area contributed by atoms with E-state index in [1.54, 1.807) is 7.11 Å². The van der Waals surface area contributed by atoms with Gasteiger partial charge in [-0.15, -0.1) is 0 Å². The molecule has 1 heterocycles. The number of carbonyl (C=O) groups excluding carboxylic acids is 1. The number of likely N-dealkylation sites (tertiary alicyclic amines) is 1. The topological polar surface area (TPSA) is 29.5 Å². The number of Topliss-reactive ketones (excluding diaryl/α,β-unsaturated/α-hetero) is 1. The van der Waals surface area contributed by atoms with E-state index >= 15 is 0 Å². The first-order valence-electron chi connectivity index (χ1n) is 10.6. The van der Waals surface area contributed by atoms with Crippen LogP contribution in [-0.4, -0.2) is 36.9 Å². The SMILES string of the molecule is CCC[C@@H]1CCN(C2CCC2)CC1C(=O)c1ccc2cc(OC)ccc2c1. The fourth-order valence-electron chi connectivity index (χ4n) is 4.84. The molecule has 0 bridgehead atoms. The van der Waals surface area contributed by atoms with E-state index in [0.717, 1.165) is 41.1 Å². The normalized spacial score (nSPS) is 23.9. The van der Waals surface area contributed by atoms with Crippen molar-refractivity contribution < 1.29 is 9.53 Å². The molecule has 0 N–H and O–H groups in total. The average molecular weight is 366 g/mol. The van der Waals surface area contributed by atoms with Crippen LogP contribution in [0.25, 0.3) is 10.8 Å². The molecule has 2 atom stereocenters. The van der Waals surface area contributed by atoms with Crippen molar-refractivity contribution in [2.75, 3.05) is 20.2 Å². The maximum absolute atomic E-state index is 13.5. The Balaban J connectivity index is 1.58. The first-order chi connectivity index (χ1) is 13.2. The molecule has 2 fully saturated rings. The van der Waals surface area contributed by atoms with Gasteiger partial charge in [0.05, 0.1) is 7.11 Å². The lowest BCUT2D eigenvalue weighted by atomic mass is 9.76. The summed E-state index contributed by atoms with van der Waals surface area (Å²) in [7, 11) is 1.68. The van der Waals surface area contributed by atoms with E-state index in [-0.39, 0.29) is 5.92 Å². The summed E-state index contributed by atoms with van der Waals surface area (Å²) in [6.45, 7) is 4.37. The summed E-state index contributed by atoms with van der Waals surface area (Å²) in [5, 5.41) is 2.23. The number of ether oxygens (including phenoxy) is 1. The molecule has 1 aliphatic carbocycles. The predicted molar refractivity (Wildman–Crippen MR) is 111 cm³/mol. The second-order valence-electron chi connectivity index (χ2n) is 8.32. The lowest BCUT2D eigenvalue weighted by Gasteiger charge is -2.45. The summed E-state index contributed by atoms with van der Waals surface area (Å²) < 4.78 is 5.31. The zero-order valence-electron chi connectivity index (χ0n) is 16.6. The van der Waals surface area contributed by atoms with Gasteiger partial charge in [0.25, 0.3) is 0 Å². The van der Waals surface area contributed by atoms with E-state index in [4.69, 9.17) is 4.74 Å². The molecule has 0 aromatic heterocycles. The quantitative estimate of drug-likeness (QED) is 0.649. The standard InChI is InChI=1S/C24H31NO2/c1-3-5-17-12-13-25(21-6-4-7-21)16-23(17)24(26)20-9-8-19-15-22(27-2)11-10-18(19)14-20/h8-11,14-15,17,21,23H,3-7,12-13,16H2,1-2H3/t17-,23?/m1/s1. The van der Waals surface area contributed by atoms with Gasteiger partial charge in [-0.1, -0.05) is 38.0 Å². The minimum Gasteiger partial charge on any atom is -0.497 e. The van der Waals surface area contributed by atoms with Gasteiger partial charge in [-0.3, -0.25) is 9.69 Å². The Bertz CT molecular complexity index is 811. The molecule has 2 aromatic carbocycles. The Morgan fingerprint density at radius 3 is 2.59 bits per heavy atom. The molecule has 2 aromatic rings. The van der Waals surface area contributed by atoms with Gasteiger partial charge in [0.1, 0.15) is 5.75 Å². The van der Waals surface area contributed by atoms with Crippen molar-refractivity contribution in [3.8, 4) is 5.75 Å². The zero-order chi connectivity index (χ0) is 18.8. The van der Waals surface area contributed by atoms with Crippen LogP contribution in [0.2, 0.25) is 0 Å². The Kier molecular flexibility index (Phi) is 5.49. The van der Waals surface area contributed by atoms with Crippen molar-refractivity contribution >= 4 is 16.6 Å². The van der Waals surface area contributed by atoms with E-state index in [1.807, 2.05) is 18.2 Å². The Hall–Kier alpha value is -1.87. The monoisotopic (exact) mass is 365 g/mol. The van der Waals surface area contributed by atoms with E-state index < -0.39 is 0 Å². The van der Waals surface area contributed by atoms with Crippen molar-refractivity contribution in [3.05, 3.63) is 42.0 Å². The van der Waals surface area contributed by atoms with Gasteiger partial charge in [0.15, 0.2) is 5.78 Å². The van der Waals surface area contributed by atoms with Crippen LogP contribution in [0.1, 0.15) is 55.8 Å². The molecule has 0 radical (unpaired) electrons. The largest absolute Gasteiger partial charge is 0.497 e. The highest BCUT2D eigenvalue weighted by Gasteiger charge is 2.37. The van der Waals surface area contributed by atoms with Crippen LogP contribution in [0, 0.1) is 11.8 Å². The van der Waals surface area contributed by atoms with Gasteiger partial charge in [0, 0.05) is 24.1 Å². The second-order valence-corrected chi connectivity index (χ2v) is 8.32. The molecule has 1 saturated heterocycles. The third kappa shape index (κ3) is 3.75. The number of methoxy groups -OCH3 is 1. The number of carbonyl (C=O) groups is 1. The van der Waals surface area contributed by atoms with Crippen molar-refractivity contribution in [2.45, 2.75) is 51.5 Å².